The molecule has 0 radical (unpaired) electrons. The van der Waals surface area contributed by atoms with Crippen LogP contribution in [0, 0.1) is 12.8 Å². The zero-order chi connectivity index (χ0) is 20.1. The number of hydrogen-bond donors (Lipinski definition) is 2. The van der Waals surface area contributed by atoms with Gasteiger partial charge in [0, 0.05) is 25.9 Å². The van der Waals surface area contributed by atoms with E-state index in [1.807, 2.05) is 6.07 Å². The van der Waals surface area contributed by atoms with Gasteiger partial charge >= 0.3 is 0 Å². The third-order valence-electron chi connectivity index (χ3n) is 4.62. The second-order valence-corrected chi connectivity index (χ2v) is 7.44. The van der Waals surface area contributed by atoms with E-state index in [1.54, 1.807) is 31.1 Å². The standard InChI is InChI=1S/C19H28N6O3/c1-12(2)18-14(6-5-9-27-18)21-15-7-8-20-19(23-15)25(4)11-17(26)22-16-10-13(3)28-24-16/h7-8,10,12,14,18H,5-6,9,11H2,1-4H3,(H,20,21,23)(H,22,24,26). The molecule has 0 spiro atoms. The van der Waals surface area contributed by atoms with E-state index in [4.69, 9.17) is 9.26 Å². The van der Waals surface area contributed by atoms with E-state index in [0.29, 0.717) is 23.4 Å². The molecule has 0 aromatic carbocycles. The fraction of sp³-hybridized carbons (Fsp3) is 0.579. The summed E-state index contributed by atoms with van der Waals surface area (Å²) in [5, 5.41) is 9.92. The molecule has 2 unspecified atom stereocenters. The van der Waals surface area contributed by atoms with Crippen molar-refractivity contribution in [3.8, 4) is 0 Å². The van der Waals surface area contributed by atoms with Crippen LogP contribution < -0.4 is 15.5 Å². The molecule has 2 aromatic rings. The third-order valence-corrected chi connectivity index (χ3v) is 4.62. The highest BCUT2D eigenvalue weighted by atomic mass is 16.5. The predicted octanol–water partition coefficient (Wildman–Crippen LogP) is 2.46. The number of ether oxygens (including phenoxy) is 1. The smallest absolute Gasteiger partial charge is 0.245 e. The van der Waals surface area contributed by atoms with Gasteiger partial charge in [-0.05, 0) is 31.7 Å². The molecule has 9 nitrogen and oxygen atoms in total. The van der Waals surface area contributed by atoms with E-state index in [-0.39, 0.29) is 24.6 Å². The minimum absolute atomic E-state index is 0.0938. The zero-order valence-electron chi connectivity index (χ0n) is 16.8. The Hall–Kier alpha value is -2.68. The van der Waals surface area contributed by atoms with Gasteiger partial charge in [0.05, 0.1) is 18.7 Å². The average molecular weight is 388 g/mol. The maximum atomic E-state index is 12.2. The van der Waals surface area contributed by atoms with Crippen molar-refractivity contribution in [2.24, 2.45) is 5.92 Å². The van der Waals surface area contributed by atoms with Gasteiger partial charge in [-0.2, -0.15) is 4.98 Å². The van der Waals surface area contributed by atoms with E-state index < -0.39 is 0 Å². The molecule has 28 heavy (non-hydrogen) atoms. The van der Waals surface area contributed by atoms with Gasteiger partial charge in [0.15, 0.2) is 5.82 Å². The number of hydrogen-bond acceptors (Lipinski definition) is 8. The normalized spacial score (nSPS) is 19.5. The van der Waals surface area contributed by atoms with Gasteiger partial charge in [-0.3, -0.25) is 4.79 Å². The van der Waals surface area contributed by atoms with Crippen LogP contribution in [0.4, 0.5) is 17.6 Å². The summed E-state index contributed by atoms with van der Waals surface area (Å²) in [4.78, 5) is 22.7. The first-order valence-electron chi connectivity index (χ1n) is 9.58. The van der Waals surface area contributed by atoms with Crippen molar-refractivity contribution in [1.29, 1.82) is 0 Å². The summed E-state index contributed by atoms with van der Waals surface area (Å²) in [6, 6.07) is 3.71. The number of amides is 1. The maximum Gasteiger partial charge on any atom is 0.245 e. The highest BCUT2D eigenvalue weighted by molar-refractivity contribution is 5.92. The van der Waals surface area contributed by atoms with Crippen LogP contribution in [0.5, 0.6) is 0 Å². The molecule has 9 heteroatoms. The summed E-state index contributed by atoms with van der Waals surface area (Å²) in [7, 11) is 1.77. The monoisotopic (exact) mass is 388 g/mol. The molecule has 1 aliphatic rings. The van der Waals surface area contributed by atoms with Crippen LogP contribution in [0.3, 0.4) is 0 Å². The van der Waals surface area contributed by atoms with Crippen molar-refractivity contribution in [1.82, 2.24) is 15.1 Å². The van der Waals surface area contributed by atoms with Gasteiger partial charge in [-0.15, -0.1) is 0 Å². The average Bonchev–Trinajstić information content (AvgIpc) is 3.06. The minimum atomic E-state index is -0.224. The number of rotatable bonds is 7. The van der Waals surface area contributed by atoms with Gasteiger partial charge in [-0.25, -0.2) is 4.98 Å². The Kier molecular flexibility index (Phi) is 6.45. The molecule has 0 saturated carbocycles. The number of anilines is 3. The summed E-state index contributed by atoms with van der Waals surface area (Å²) in [6.07, 6.45) is 3.91. The Labute approximate surface area is 164 Å². The van der Waals surface area contributed by atoms with Crippen molar-refractivity contribution in [2.75, 3.05) is 35.7 Å². The molecule has 1 amide bonds. The molecule has 1 saturated heterocycles. The SMILES string of the molecule is Cc1cc(NC(=O)CN(C)c2nccc(NC3CCCOC3C(C)C)n2)no1. The van der Waals surface area contributed by atoms with E-state index in [2.05, 4.69) is 39.6 Å². The van der Waals surface area contributed by atoms with Crippen LogP contribution in [0.1, 0.15) is 32.4 Å². The third kappa shape index (κ3) is 5.19. The second-order valence-electron chi connectivity index (χ2n) is 7.44. The van der Waals surface area contributed by atoms with Gasteiger partial charge in [0.2, 0.25) is 11.9 Å². The summed E-state index contributed by atoms with van der Waals surface area (Å²) < 4.78 is 10.9. The first-order valence-corrected chi connectivity index (χ1v) is 9.58. The first kappa shape index (κ1) is 20.1. The van der Waals surface area contributed by atoms with Crippen LogP contribution in [-0.2, 0) is 9.53 Å². The molecule has 0 aliphatic carbocycles. The Morgan fingerprint density at radius 3 is 2.93 bits per heavy atom. The largest absolute Gasteiger partial charge is 0.376 e. The van der Waals surface area contributed by atoms with E-state index in [0.717, 1.165) is 25.3 Å². The topological polar surface area (TPSA) is 105 Å². The van der Waals surface area contributed by atoms with E-state index in [1.165, 1.54) is 0 Å². The minimum Gasteiger partial charge on any atom is -0.376 e. The molecule has 0 bridgehead atoms. The Balaban J connectivity index is 1.60. The summed E-state index contributed by atoms with van der Waals surface area (Å²) in [5.41, 5.74) is 0. The van der Waals surface area contributed by atoms with Crippen LogP contribution in [-0.4, -0.2) is 53.4 Å². The second kappa shape index (κ2) is 9.01. The Bertz CT molecular complexity index is 793. The summed E-state index contributed by atoms with van der Waals surface area (Å²) >= 11 is 0. The molecule has 3 heterocycles. The highest BCUT2D eigenvalue weighted by Crippen LogP contribution is 2.23. The highest BCUT2D eigenvalue weighted by Gasteiger charge is 2.28. The van der Waals surface area contributed by atoms with Crippen LogP contribution in [0.2, 0.25) is 0 Å². The van der Waals surface area contributed by atoms with Gasteiger partial charge in [-0.1, -0.05) is 19.0 Å². The number of nitrogens with one attached hydrogen (secondary N) is 2. The molecular weight excluding hydrogens is 360 g/mol. The van der Waals surface area contributed by atoms with Crippen molar-refractivity contribution in [3.05, 3.63) is 24.1 Å². The van der Waals surface area contributed by atoms with Crippen molar-refractivity contribution < 1.29 is 14.1 Å². The van der Waals surface area contributed by atoms with E-state index >= 15 is 0 Å². The van der Waals surface area contributed by atoms with Crippen LogP contribution in [0.25, 0.3) is 0 Å². The molecule has 3 rings (SSSR count). The number of aromatic nitrogens is 3. The maximum absolute atomic E-state index is 12.2. The van der Waals surface area contributed by atoms with Gasteiger partial charge in [0.1, 0.15) is 11.6 Å². The predicted molar refractivity (Wildman–Crippen MR) is 106 cm³/mol. The molecule has 2 aromatic heterocycles. The number of carbonyl (C=O) groups is 1. The molecule has 2 atom stereocenters. The van der Waals surface area contributed by atoms with Crippen LogP contribution in [0.15, 0.2) is 22.9 Å². The van der Waals surface area contributed by atoms with Crippen molar-refractivity contribution in [3.63, 3.8) is 0 Å². The lowest BCUT2D eigenvalue weighted by atomic mass is 9.94. The molecule has 152 valence electrons. The lowest BCUT2D eigenvalue weighted by Gasteiger charge is -2.35. The van der Waals surface area contributed by atoms with Gasteiger partial charge < -0.3 is 24.8 Å². The van der Waals surface area contributed by atoms with Crippen LogP contribution >= 0.6 is 0 Å². The Morgan fingerprint density at radius 2 is 2.21 bits per heavy atom. The molecule has 2 N–H and O–H groups in total. The number of likely N-dealkylation sites (N-methyl/N-ethyl adjacent to an activating group) is 1. The van der Waals surface area contributed by atoms with Gasteiger partial charge in [0.25, 0.3) is 0 Å². The van der Waals surface area contributed by atoms with E-state index in [9.17, 15) is 4.79 Å². The Morgan fingerprint density at radius 1 is 1.39 bits per heavy atom. The summed E-state index contributed by atoms with van der Waals surface area (Å²) in [5.74, 6) is 2.42. The first-order chi connectivity index (χ1) is 13.4. The lowest BCUT2D eigenvalue weighted by molar-refractivity contribution is -0.115. The molecular formula is C19H28N6O3. The quantitative estimate of drug-likeness (QED) is 0.745. The fourth-order valence-corrected chi connectivity index (χ4v) is 3.31. The number of carbonyl (C=O) groups excluding carboxylic acids is 1. The molecule has 1 aliphatic heterocycles. The fourth-order valence-electron chi connectivity index (χ4n) is 3.31. The summed E-state index contributed by atoms with van der Waals surface area (Å²) in [6.45, 7) is 7.00. The number of aryl methyl sites for hydroxylation is 1. The zero-order valence-corrected chi connectivity index (χ0v) is 16.8. The number of nitrogens with zero attached hydrogens (tertiary/aromatic N) is 4. The lowest BCUT2D eigenvalue weighted by Crippen LogP contribution is -2.43. The van der Waals surface area contributed by atoms with Crippen molar-refractivity contribution >= 4 is 23.5 Å². The molecule has 1 fully saturated rings. The van der Waals surface area contributed by atoms with Crippen molar-refractivity contribution in [2.45, 2.75) is 45.8 Å².